The van der Waals surface area contributed by atoms with Crippen molar-refractivity contribution in [3.63, 3.8) is 0 Å². The van der Waals surface area contributed by atoms with Crippen molar-refractivity contribution >= 4 is 23.4 Å². The van der Waals surface area contributed by atoms with Crippen LogP contribution in [0.1, 0.15) is 23.6 Å². The van der Waals surface area contributed by atoms with E-state index in [1.165, 1.54) is 0 Å². The second kappa shape index (κ2) is 8.52. The van der Waals surface area contributed by atoms with Crippen molar-refractivity contribution in [3.8, 4) is 0 Å². The Bertz CT molecular complexity index is 1210. The molecule has 0 bridgehead atoms. The van der Waals surface area contributed by atoms with Gasteiger partial charge in [-0.25, -0.2) is 9.79 Å². The maximum Gasteiger partial charge on any atom is 0.409 e. The van der Waals surface area contributed by atoms with Crippen LogP contribution in [0.4, 0.5) is 10.5 Å². The molecule has 0 spiro atoms. The molecule has 2 amide bonds. The summed E-state index contributed by atoms with van der Waals surface area (Å²) in [6.45, 7) is 2.10. The fourth-order valence-electron chi connectivity index (χ4n) is 3.89. The maximum atomic E-state index is 13.8. The van der Waals surface area contributed by atoms with Crippen molar-refractivity contribution < 1.29 is 19.1 Å². The quantitative estimate of drug-likeness (QED) is 0.610. The molecular formula is C26H23N3O4. The Morgan fingerprint density at radius 1 is 1.06 bits per heavy atom. The average molecular weight is 441 g/mol. The Balaban J connectivity index is 1.52. The molecule has 1 fully saturated rings. The molecular weight excluding hydrogens is 418 g/mol. The standard InChI is InChI=1S/C26H23N3O4/c1-26(28-25(31)33-16-18-10-4-2-5-11-18)24(30)29(22-17-32-22)21-15-9-8-14-20(21)23(27-26)19-12-6-3-7-13-19/h2-15,22H,16-17H2,1H3,(H,28,31). The Kier molecular flexibility index (Phi) is 5.40. The lowest BCUT2D eigenvalue weighted by atomic mass is 10.0. The first kappa shape index (κ1) is 20.9. The van der Waals surface area contributed by atoms with Crippen molar-refractivity contribution in [2.75, 3.05) is 11.5 Å². The summed E-state index contributed by atoms with van der Waals surface area (Å²) in [4.78, 5) is 32.9. The van der Waals surface area contributed by atoms with Crippen LogP contribution in [0.15, 0.2) is 89.9 Å². The Morgan fingerprint density at radius 2 is 1.70 bits per heavy atom. The lowest BCUT2D eigenvalue weighted by Crippen LogP contribution is -2.57. The number of aliphatic imine (C=N–C) groups is 1. The van der Waals surface area contributed by atoms with Crippen LogP contribution in [0.25, 0.3) is 0 Å². The van der Waals surface area contributed by atoms with Gasteiger partial charge < -0.3 is 9.47 Å². The highest BCUT2D eigenvalue weighted by atomic mass is 16.6. The molecule has 3 aromatic carbocycles. The van der Waals surface area contributed by atoms with Gasteiger partial charge in [0.1, 0.15) is 6.61 Å². The second-order valence-corrected chi connectivity index (χ2v) is 8.07. The first-order valence-electron chi connectivity index (χ1n) is 10.7. The molecule has 0 aromatic heterocycles. The lowest BCUT2D eigenvalue weighted by molar-refractivity contribution is -0.124. The number of fused-ring (bicyclic) bond motifs is 1. The number of carbonyl (C=O) groups is 2. The van der Waals surface area contributed by atoms with E-state index in [1.807, 2.05) is 84.9 Å². The third-order valence-corrected chi connectivity index (χ3v) is 5.60. The van der Waals surface area contributed by atoms with Crippen molar-refractivity contribution in [2.45, 2.75) is 25.4 Å². The molecule has 2 aliphatic rings. The first-order valence-corrected chi connectivity index (χ1v) is 10.7. The molecule has 7 heteroatoms. The van der Waals surface area contributed by atoms with E-state index in [0.717, 1.165) is 16.7 Å². The minimum Gasteiger partial charge on any atom is -0.445 e. The minimum absolute atomic E-state index is 0.0852. The predicted molar refractivity (Wildman–Crippen MR) is 124 cm³/mol. The number of ether oxygens (including phenoxy) is 2. The number of carbonyl (C=O) groups excluding carboxylic acids is 2. The van der Waals surface area contributed by atoms with Gasteiger partial charge in [0.2, 0.25) is 5.66 Å². The van der Waals surface area contributed by atoms with Crippen LogP contribution in [0.5, 0.6) is 0 Å². The summed E-state index contributed by atoms with van der Waals surface area (Å²) in [5.41, 5.74) is 2.17. The first-order chi connectivity index (χ1) is 16.0. The van der Waals surface area contributed by atoms with E-state index in [4.69, 9.17) is 14.5 Å². The van der Waals surface area contributed by atoms with E-state index in [-0.39, 0.29) is 12.5 Å². The predicted octanol–water partition coefficient (Wildman–Crippen LogP) is 3.87. The summed E-state index contributed by atoms with van der Waals surface area (Å²) in [5.74, 6) is -0.389. The van der Waals surface area contributed by atoms with Crippen molar-refractivity contribution in [1.29, 1.82) is 0 Å². The number of benzene rings is 3. The molecule has 33 heavy (non-hydrogen) atoms. The van der Waals surface area contributed by atoms with E-state index < -0.39 is 18.0 Å². The molecule has 2 aliphatic heterocycles. The second-order valence-electron chi connectivity index (χ2n) is 8.07. The fourth-order valence-corrected chi connectivity index (χ4v) is 3.89. The summed E-state index contributed by atoms with van der Waals surface area (Å²) in [6, 6.07) is 26.5. The number of alkyl carbamates (subject to hydrolysis) is 1. The van der Waals surface area contributed by atoms with Gasteiger partial charge in [0.05, 0.1) is 18.0 Å². The average Bonchev–Trinajstić information content (AvgIpc) is 3.68. The molecule has 2 heterocycles. The monoisotopic (exact) mass is 441 g/mol. The Labute approximate surface area is 191 Å². The summed E-state index contributed by atoms with van der Waals surface area (Å²) >= 11 is 0. The zero-order valence-electron chi connectivity index (χ0n) is 18.1. The zero-order valence-corrected chi connectivity index (χ0v) is 18.1. The SMILES string of the molecule is CC1(NC(=O)OCc2ccccc2)N=C(c2ccccc2)c2ccccc2N(C2CO2)C1=O. The molecule has 2 unspecified atom stereocenters. The molecule has 0 aliphatic carbocycles. The van der Waals surface area contributed by atoms with Gasteiger partial charge in [0, 0.05) is 11.1 Å². The molecule has 0 radical (unpaired) electrons. The van der Waals surface area contributed by atoms with Gasteiger partial charge in [-0.1, -0.05) is 78.9 Å². The number of hydrogen-bond donors (Lipinski definition) is 1. The van der Waals surface area contributed by atoms with Crippen LogP contribution in [-0.2, 0) is 20.9 Å². The number of hydrogen-bond acceptors (Lipinski definition) is 5. The van der Waals surface area contributed by atoms with Gasteiger partial charge in [0.25, 0.3) is 5.91 Å². The van der Waals surface area contributed by atoms with Crippen LogP contribution < -0.4 is 10.2 Å². The van der Waals surface area contributed by atoms with Crippen molar-refractivity contribution in [3.05, 3.63) is 102 Å². The summed E-state index contributed by atoms with van der Waals surface area (Å²) in [6.07, 6.45) is -1.13. The number of nitrogens with one attached hydrogen (secondary N) is 1. The van der Waals surface area contributed by atoms with Crippen LogP contribution >= 0.6 is 0 Å². The van der Waals surface area contributed by atoms with Crippen molar-refractivity contribution in [1.82, 2.24) is 5.32 Å². The van der Waals surface area contributed by atoms with E-state index in [2.05, 4.69) is 5.32 Å². The van der Waals surface area contributed by atoms with Crippen molar-refractivity contribution in [2.24, 2.45) is 4.99 Å². The Morgan fingerprint density at radius 3 is 2.39 bits per heavy atom. The number of anilines is 1. The smallest absolute Gasteiger partial charge is 0.409 e. The van der Waals surface area contributed by atoms with E-state index >= 15 is 0 Å². The summed E-state index contributed by atoms with van der Waals surface area (Å²) in [5, 5.41) is 2.71. The number of benzodiazepines with no additional fused rings is 1. The van der Waals surface area contributed by atoms with Gasteiger partial charge in [0.15, 0.2) is 6.23 Å². The third kappa shape index (κ3) is 4.23. The largest absolute Gasteiger partial charge is 0.445 e. The molecule has 3 aromatic rings. The van der Waals surface area contributed by atoms with E-state index in [9.17, 15) is 9.59 Å². The topological polar surface area (TPSA) is 83.5 Å². The molecule has 0 saturated carbocycles. The number of amides is 2. The summed E-state index contributed by atoms with van der Waals surface area (Å²) in [7, 11) is 0. The zero-order chi connectivity index (χ0) is 22.8. The molecule has 2 atom stereocenters. The molecule has 1 N–H and O–H groups in total. The molecule has 5 rings (SSSR count). The maximum absolute atomic E-state index is 13.8. The minimum atomic E-state index is -1.59. The highest BCUT2D eigenvalue weighted by Gasteiger charge is 2.48. The number of nitrogens with zero attached hydrogens (tertiary/aromatic N) is 2. The third-order valence-electron chi connectivity index (χ3n) is 5.60. The molecule has 166 valence electrons. The number of para-hydroxylation sites is 1. The van der Waals surface area contributed by atoms with Crippen LogP contribution in [0, 0.1) is 0 Å². The number of rotatable bonds is 5. The van der Waals surface area contributed by atoms with Crippen LogP contribution in [-0.4, -0.2) is 36.2 Å². The summed E-state index contributed by atoms with van der Waals surface area (Å²) < 4.78 is 10.9. The molecule has 7 nitrogen and oxygen atoms in total. The van der Waals surface area contributed by atoms with Gasteiger partial charge in [-0.3, -0.25) is 15.0 Å². The van der Waals surface area contributed by atoms with Gasteiger partial charge in [-0.15, -0.1) is 0 Å². The van der Waals surface area contributed by atoms with Crippen LogP contribution in [0.2, 0.25) is 0 Å². The van der Waals surface area contributed by atoms with Crippen LogP contribution in [0.3, 0.4) is 0 Å². The van der Waals surface area contributed by atoms with E-state index in [1.54, 1.807) is 11.8 Å². The Hall–Kier alpha value is -3.97. The normalized spacial score (nSPS) is 21.5. The highest BCUT2D eigenvalue weighted by Crippen LogP contribution is 2.35. The fraction of sp³-hybridized carbons (Fsp3) is 0.192. The lowest BCUT2D eigenvalue weighted by Gasteiger charge is -2.29. The van der Waals surface area contributed by atoms with E-state index in [0.29, 0.717) is 18.0 Å². The molecule has 1 saturated heterocycles. The highest BCUT2D eigenvalue weighted by molar-refractivity contribution is 6.21. The van der Waals surface area contributed by atoms with Gasteiger partial charge >= 0.3 is 6.09 Å². The number of epoxide rings is 1. The van der Waals surface area contributed by atoms with Gasteiger partial charge in [-0.05, 0) is 18.6 Å². The van der Waals surface area contributed by atoms with Gasteiger partial charge in [-0.2, -0.15) is 0 Å².